The van der Waals surface area contributed by atoms with Crippen LogP contribution in [0.25, 0.3) is 11.0 Å². The van der Waals surface area contributed by atoms with E-state index in [2.05, 4.69) is 4.98 Å². The maximum absolute atomic E-state index is 12.1. The van der Waals surface area contributed by atoms with Gasteiger partial charge >= 0.3 is 11.7 Å². The third-order valence-corrected chi connectivity index (χ3v) is 5.05. The maximum Gasteiger partial charge on any atom is 0.326 e. The van der Waals surface area contributed by atoms with Crippen LogP contribution in [-0.4, -0.2) is 20.6 Å². The molecule has 0 atom stereocenters. The summed E-state index contributed by atoms with van der Waals surface area (Å²) in [6.45, 7) is 0. The monoisotopic (exact) mass is 286 g/mol. The van der Waals surface area contributed by atoms with Gasteiger partial charge < -0.3 is 10.1 Å². The molecule has 2 N–H and O–H groups in total. The van der Waals surface area contributed by atoms with E-state index in [4.69, 9.17) is 0 Å². The first-order chi connectivity index (χ1) is 10.1. The smallest absolute Gasteiger partial charge is 0.326 e. The number of benzene rings is 1. The summed E-state index contributed by atoms with van der Waals surface area (Å²) >= 11 is 0. The second-order valence-electron chi connectivity index (χ2n) is 6.36. The largest absolute Gasteiger partial charge is 0.481 e. The fraction of sp³-hybridized carbons (Fsp3) is 0.500. The minimum atomic E-state index is -0.771. The molecule has 2 fully saturated rings. The molecule has 2 saturated carbocycles. The van der Waals surface area contributed by atoms with Gasteiger partial charge in [0.05, 0.1) is 16.4 Å². The van der Waals surface area contributed by atoms with Crippen molar-refractivity contribution in [2.75, 3.05) is 0 Å². The van der Waals surface area contributed by atoms with Crippen molar-refractivity contribution in [2.24, 2.45) is 0 Å². The molecule has 1 aromatic carbocycles. The molecule has 1 heterocycles. The number of carboxylic acids is 1. The standard InChI is InChI=1S/C16H18N2O3/c19-14(20)16(7-1-2-8-16)10-3-6-13-12(9-10)17-15(21)18(13)11-4-5-11/h3,6,9,11H,1-2,4-5,7-8H2,(H,17,21)(H,19,20). The molecule has 21 heavy (non-hydrogen) atoms. The Labute approximate surface area is 121 Å². The van der Waals surface area contributed by atoms with Crippen LogP contribution in [0.4, 0.5) is 0 Å². The van der Waals surface area contributed by atoms with Gasteiger partial charge in [0.2, 0.25) is 0 Å². The lowest BCUT2D eigenvalue weighted by Crippen LogP contribution is -2.32. The lowest BCUT2D eigenvalue weighted by Gasteiger charge is -2.24. The third-order valence-electron chi connectivity index (χ3n) is 5.05. The molecule has 0 saturated heterocycles. The fourth-order valence-corrected chi connectivity index (χ4v) is 3.73. The summed E-state index contributed by atoms with van der Waals surface area (Å²) in [4.78, 5) is 26.7. The van der Waals surface area contributed by atoms with E-state index in [0.717, 1.165) is 42.3 Å². The summed E-state index contributed by atoms with van der Waals surface area (Å²) in [6, 6.07) is 5.99. The summed E-state index contributed by atoms with van der Waals surface area (Å²) in [7, 11) is 0. The minimum absolute atomic E-state index is 0.0829. The van der Waals surface area contributed by atoms with Crippen LogP contribution in [0.5, 0.6) is 0 Å². The molecular formula is C16H18N2O3. The van der Waals surface area contributed by atoms with Gasteiger partial charge in [-0.25, -0.2) is 4.79 Å². The van der Waals surface area contributed by atoms with Crippen molar-refractivity contribution in [1.82, 2.24) is 9.55 Å². The van der Waals surface area contributed by atoms with Crippen molar-refractivity contribution in [3.05, 3.63) is 34.2 Å². The first-order valence-corrected chi connectivity index (χ1v) is 7.60. The number of aromatic amines is 1. The van der Waals surface area contributed by atoms with E-state index in [1.165, 1.54) is 0 Å². The first-order valence-electron chi connectivity index (χ1n) is 7.60. The van der Waals surface area contributed by atoms with E-state index < -0.39 is 11.4 Å². The van der Waals surface area contributed by atoms with E-state index in [9.17, 15) is 14.7 Å². The predicted octanol–water partition coefficient (Wildman–Crippen LogP) is 2.56. The van der Waals surface area contributed by atoms with Gasteiger partial charge in [-0.05, 0) is 43.4 Å². The van der Waals surface area contributed by atoms with Gasteiger partial charge in [0.15, 0.2) is 0 Å². The zero-order valence-corrected chi connectivity index (χ0v) is 11.8. The number of fused-ring (bicyclic) bond motifs is 1. The number of nitrogens with one attached hydrogen (secondary N) is 1. The molecule has 0 aliphatic heterocycles. The normalized spacial score (nSPS) is 21.0. The van der Waals surface area contributed by atoms with Gasteiger partial charge in [-0.3, -0.25) is 9.36 Å². The molecule has 1 aromatic heterocycles. The number of aromatic nitrogens is 2. The van der Waals surface area contributed by atoms with E-state index >= 15 is 0 Å². The quantitative estimate of drug-likeness (QED) is 0.910. The minimum Gasteiger partial charge on any atom is -0.481 e. The lowest BCUT2D eigenvalue weighted by molar-refractivity contribution is -0.143. The van der Waals surface area contributed by atoms with Gasteiger partial charge in [0, 0.05) is 6.04 Å². The van der Waals surface area contributed by atoms with E-state index in [-0.39, 0.29) is 5.69 Å². The molecule has 0 radical (unpaired) electrons. The van der Waals surface area contributed by atoms with Crippen LogP contribution < -0.4 is 5.69 Å². The van der Waals surface area contributed by atoms with Gasteiger partial charge in [-0.2, -0.15) is 0 Å². The third kappa shape index (κ3) is 1.76. The first kappa shape index (κ1) is 12.7. The second kappa shape index (κ2) is 4.23. The molecule has 2 aromatic rings. The van der Waals surface area contributed by atoms with Gasteiger partial charge in [0.1, 0.15) is 0 Å². The molecule has 5 heteroatoms. The Balaban J connectivity index is 1.88. The van der Waals surface area contributed by atoms with Crippen LogP contribution in [0.2, 0.25) is 0 Å². The van der Waals surface area contributed by atoms with Crippen molar-refractivity contribution in [3.8, 4) is 0 Å². The number of hydrogen-bond donors (Lipinski definition) is 2. The number of carbonyl (C=O) groups is 1. The van der Waals surface area contributed by atoms with E-state index in [1.807, 2.05) is 18.2 Å². The number of carboxylic acid groups (broad SMARTS) is 1. The summed E-state index contributed by atoms with van der Waals surface area (Å²) in [5.74, 6) is -0.747. The van der Waals surface area contributed by atoms with Gasteiger partial charge in [0.25, 0.3) is 0 Å². The topological polar surface area (TPSA) is 75.1 Å². The number of H-pyrrole nitrogens is 1. The Kier molecular flexibility index (Phi) is 2.55. The van der Waals surface area contributed by atoms with Crippen LogP contribution in [0.1, 0.15) is 50.1 Å². The SMILES string of the molecule is O=C(O)C1(c2ccc3c(c2)[nH]c(=O)n3C2CC2)CCCC1. The number of imidazole rings is 1. The van der Waals surface area contributed by atoms with Gasteiger partial charge in [-0.15, -0.1) is 0 Å². The average molecular weight is 286 g/mol. The molecule has 0 spiro atoms. The molecule has 2 aliphatic rings. The average Bonchev–Trinajstić information content (AvgIpc) is 3.05. The van der Waals surface area contributed by atoms with Crippen molar-refractivity contribution in [1.29, 1.82) is 0 Å². The van der Waals surface area contributed by atoms with Crippen molar-refractivity contribution in [3.63, 3.8) is 0 Å². The highest BCUT2D eigenvalue weighted by molar-refractivity contribution is 5.85. The van der Waals surface area contributed by atoms with Crippen LogP contribution in [0.15, 0.2) is 23.0 Å². The Morgan fingerprint density at radius 3 is 2.62 bits per heavy atom. The summed E-state index contributed by atoms with van der Waals surface area (Å²) in [5.41, 5.74) is 1.62. The molecule has 5 nitrogen and oxygen atoms in total. The maximum atomic E-state index is 12.1. The zero-order valence-electron chi connectivity index (χ0n) is 11.8. The summed E-state index contributed by atoms with van der Waals surface area (Å²) in [6.07, 6.45) is 5.36. The van der Waals surface area contributed by atoms with E-state index in [1.54, 1.807) is 4.57 Å². The number of hydrogen-bond acceptors (Lipinski definition) is 2. The highest BCUT2D eigenvalue weighted by Gasteiger charge is 2.43. The van der Waals surface area contributed by atoms with E-state index in [0.29, 0.717) is 18.9 Å². The van der Waals surface area contributed by atoms with Crippen molar-refractivity contribution in [2.45, 2.75) is 50.0 Å². The number of aliphatic carboxylic acids is 1. The molecule has 110 valence electrons. The lowest BCUT2D eigenvalue weighted by atomic mass is 9.79. The fourth-order valence-electron chi connectivity index (χ4n) is 3.73. The summed E-state index contributed by atoms with van der Waals surface area (Å²) < 4.78 is 1.81. The predicted molar refractivity (Wildman–Crippen MR) is 78.6 cm³/mol. The number of nitrogens with zero attached hydrogens (tertiary/aromatic N) is 1. The van der Waals surface area contributed by atoms with Crippen molar-refractivity contribution >= 4 is 17.0 Å². The Hall–Kier alpha value is -2.04. The second-order valence-corrected chi connectivity index (χ2v) is 6.36. The zero-order chi connectivity index (χ0) is 14.6. The highest BCUT2D eigenvalue weighted by atomic mass is 16.4. The molecule has 0 amide bonds. The van der Waals surface area contributed by atoms with Crippen LogP contribution in [-0.2, 0) is 10.2 Å². The highest BCUT2D eigenvalue weighted by Crippen LogP contribution is 2.42. The molecular weight excluding hydrogens is 268 g/mol. The molecule has 0 unspecified atom stereocenters. The Morgan fingerprint density at radius 1 is 1.29 bits per heavy atom. The number of rotatable bonds is 3. The van der Waals surface area contributed by atoms with Crippen molar-refractivity contribution < 1.29 is 9.90 Å². The molecule has 4 rings (SSSR count). The molecule has 0 bridgehead atoms. The Morgan fingerprint density at radius 2 is 2.00 bits per heavy atom. The Bertz CT molecular complexity index is 776. The molecule has 2 aliphatic carbocycles. The van der Waals surface area contributed by atoms with Crippen LogP contribution in [0, 0.1) is 0 Å². The summed E-state index contributed by atoms with van der Waals surface area (Å²) in [5, 5.41) is 9.67. The van der Waals surface area contributed by atoms with Crippen LogP contribution in [0.3, 0.4) is 0 Å². The van der Waals surface area contributed by atoms with Crippen LogP contribution >= 0.6 is 0 Å². The van der Waals surface area contributed by atoms with Gasteiger partial charge in [-0.1, -0.05) is 18.9 Å².